The first-order valence-corrected chi connectivity index (χ1v) is 9.52. The number of aryl methyl sites for hydroxylation is 1. The Hall–Kier alpha value is -3.26. The number of nitrogens with one attached hydrogen (secondary N) is 1. The third-order valence-electron chi connectivity index (χ3n) is 5.18. The van der Waals surface area contributed by atoms with Crippen LogP contribution in [0, 0.1) is 17.0 Å². The van der Waals surface area contributed by atoms with Crippen molar-refractivity contribution < 1.29 is 14.5 Å². The van der Waals surface area contributed by atoms with Gasteiger partial charge in [0, 0.05) is 36.3 Å². The number of nitro benzene ring substituents is 1. The molecule has 2 amide bonds. The predicted octanol–water partition coefficient (Wildman–Crippen LogP) is 2.32. The fourth-order valence-corrected chi connectivity index (χ4v) is 3.59. The summed E-state index contributed by atoms with van der Waals surface area (Å²) in [5.41, 5.74) is 7.78. The van der Waals surface area contributed by atoms with Gasteiger partial charge in [-0.15, -0.1) is 0 Å². The van der Waals surface area contributed by atoms with Crippen LogP contribution in [0.25, 0.3) is 0 Å². The van der Waals surface area contributed by atoms with Crippen molar-refractivity contribution in [2.75, 3.05) is 13.1 Å². The van der Waals surface area contributed by atoms with Crippen molar-refractivity contribution in [1.29, 1.82) is 0 Å². The molecule has 1 aliphatic heterocycles. The van der Waals surface area contributed by atoms with Gasteiger partial charge in [-0.05, 0) is 37.5 Å². The molecule has 0 saturated carbocycles. The van der Waals surface area contributed by atoms with Gasteiger partial charge in [0.05, 0.1) is 4.92 Å². The van der Waals surface area contributed by atoms with E-state index >= 15 is 0 Å². The fourth-order valence-electron chi connectivity index (χ4n) is 3.59. The van der Waals surface area contributed by atoms with E-state index in [1.165, 1.54) is 23.1 Å². The molecular formula is C21H24N4O4. The summed E-state index contributed by atoms with van der Waals surface area (Å²) in [6, 6.07) is 12.8. The fraction of sp³-hybridized carbons (Fsp3) is 0.333. The minimum atomic E-state index is -0.569. The van der Waals surface area contributed by atoms with Crippen LogP contribution >= 0.6 is 0 Å². The molecule has 152 valence electrons. The predicted molar refractivity (Wildman–Crippen MR) is 108 cm³/mol. The highest BCUT2D eigenvalue weighted by Crippen LogP contribution is 2.24. The Balaban J connectivity index is 1.66. The zero-order valence-corrected chi connectivity index (χ0v) is 16.2. The Morgan fingerprint density at radius 2 is 2.00 bits per heavy atom. The summed E-state index contributed by atoms with van der Waals surface area (Å²) in [7, 11) is 0. The summed E-state index contributed by atoms with van der Waals surface area (Å²) in [6.07, 6.45) is 1.30. The van der Waals surface area contributed by atoms with E-state index in [0.29, 0.717) is 24.1 Å². The Labute approximate surface area is 168 Å². The van der Waals surface area contributed by atoms with E-state index in [1.807, 2.05) is 30.3 Å². The number of hydrogen-bond acceptors (Lipinski definition) is 5. The molecule has 1 aliphatic rings. The molecule has 0 spiro atoms. The van der Waals surface area contributed by atoms with Crippen LogP contribution in [-0.2, 0) is 4.79 Å². The molecule has 1 heterocycles. The molecule has 8 nitrogen and oxygen atoms in total. The molecule has 2 aromatic rings. The summed E-state index contributed by atoms with van der Waals surface area (Å²) < 4.78 is 0. The number of amides is 2. The Morgan fingerprint density at radius 3 is 2.66 bits per heavy atom. The standard InChI is InChI=1S/C21H24N4O4/c1-14-12-16(9-10-18(14)25(28)29)21(27)24-11-5-8-19(24)20(26)23-13-17(22)15-6-3-2-4-7-15/h2-4,6-7,9-10,12,17,19H,5,8,11,13,22H2,1H3,(H,23,26). The number of nitrogens with two attached hydrogens (primary N) is 1. The van der Waals surface area contributed by atoms with E-state index in [0.717, 1.165) is 12.0 Å². The number of likely N-dealkylation sites (tertiary alicyclic amines) is 1. The van der Waals surface area contributed by atoms with Crippen molar-refractivity contribution in [3.05, 3.63) is 75.3 Å². The van der Waals surface area contributed by atoms with Gasteiger partial charge in [-0.25, -0.2) is 0 Å². The quantitative estimate of drug-likeness (QED) is 0.574. The Bertz CT molecular complexity index is 916. The summed E-state index contributed by atoms with van der Waals surface area (Å²) in [5.74, 6) is -0.533. The minimum Gasteiger partial charge on any atom is -0.352 e. The highest BCUT2D eigenvalue weighted by Gasteiger charge is 2.34. The van der Waals surface area contributed by atoms with Crippen molar-refractivity contribution >= 4 is 17.5 Å². The number of hydrogen-bond donors (Lipinski definition) is 2. The average molecular weight is 396 g/mol. The largest absolute Gasteiger partial charge is 0.352 e. The van der Waals surface area contributed by atoms with E-state index in [9.17, 15) is 19.7 Å². The number of carbonyl (C=O) groups is 2. The third kappa shape index (κ3) is 4.60. The van der Waals surface area contributed by atoms with Crippen LogP contribution < -0.4 is 11.1 Å². The van der Waals surface area contributed by atoms with Gasteiger partial charge in [0.2, 0.25) is 5.91 Å². The van der Waals surface area contributed by atoms with Gasteiger partial charge in [-0.2, -0.15) is 0 Å². The second-order valence-corrected chi connectivity index (χ2v) is 7.18. The summed E-state index contributed by atoms with van der Waals surface area (Å²) in [4.78, 5) is 37.6. The lowest BCUT2D eigenvalue weighted by Gasteiger charge is -2.25. The maximum Gasteiger partial charge on any atom is 0.272 e. The molecule has 29 heavy (non-hydrogen) atoms. The van der Waals surface area contributed by atoms with Crippen LogP contribution in [0.15, 0.2) is 48.5 Å². The van der Waals surface area contributed by atoms with E-state index < -0.39 is 11.0 Å². The first-order valence-electron chi connectivity index (χ1n) is 9.52. The summed E-state index contributed by atoms with van der Waals surface area (Å²) in [5, 5.41) is 13.8. The lowest BCUT2D eigenvalue weighted by molar-refractivity contribution is -0.385. The first-order chi connectivity index (χ1) is 13.9. The van der Waals surface area contributed by atoms with E-state index in [2.05, 4.69) is 5.32 Å². The average Bonchev–Trinajstić information content (AvgIpc) is 3.21. The second kappa shape index (κ2) is 8.83. The van der Waals surface area contributed by atoms with Gasteiger partial charge in [0.15, 0.2) is 0 Å². The van der Waals surface area contributed by atoms with Gasteiger partial charge >= 0.3 is 0 Å². The molecule has 3 N–H and O–H groups in total. The van der Waals surface area contributed by atoms with Crippen LogP contribution in [-0.4, -0.2) is 40.8 Å². The molecule has 8 heteroatoms. The zero-order valence-electron chi connectivity index (χ0n) is 16.2. The molecule has 2 unspecified atom stereocenters. The van der Waals surface area contributed by atoms with E-state index in [4.69, 9.17) is 5.73 Å². The Morgan fingerprint density at radius 1 is 1.28 bits per heavy atom. The molecule has 0 aromatic heterocycles. The van der Waals surface area contributed by atoms with Gasteiger partial charge in [-0.1, -0.05) is 30.3 Å². The van der Waals surface area contributed by atoms with Gasteiger partial charge < -0.3 is 16.0 Å². The molecular weight excluding hydrogens is 372 g/mol. The van der Waals surface area contributed by atoms with Crippen molar-refractivity contribution in [2.45, 2.75) is 31.8 Å². The molecule has 0 bridgehead atoms. The van der Waals surface area contributed by atoms with Crippen molar-refractivity contribution in [3.8, 4) is 0 Å². The molecule has 2 aromatic carbocycles. The summed E-state index contributed by atoms with van der Waals surface area (Å²) in [6.45, 7) is 2.34. The van der Waals surface area contributed by atoms with Gasteiger partial charge in [-0.3, -0.25) is 19.7 Å². The molecule has 2 atom stereocenters. The second-order valence-electron chi connectivity index (χ2n) is 7.18. The van der Waals surface area contributed by atoms with Crippen molar-refractivity contribution in [2.24, 2.45) is 5.73 Å². The van der Waals surface area contributed by atoms with Crippen LogP contribution in [0.2, 0.25) is 0 Å². The maximum atomic E-state index is 12.9. The lowest BCUT2D eigenvalue weighted by atomic mass is 10.1. The maximum absolute atomic E-state index is 12.9. The lowest BCUT2D eigenvalue weighted by Crippen LogP contribution is -2.47. The van der Waals surface area contributed by atoms with Crippen LogP contribution in [0.3, 0.4) is 0 Å². The topological polar surface area (TPSA) is 119 Å². The Kier molecular flexibility index (Phi) is 6.23. The van der Waals surface area contributed by atoms with Gasteiger partial charge in [0.25, 0.3) is 11.6 Å². The van der Waals surface area contributed by atoms with Crippen molar-refractivity contribution in [3.63, 3.8) is 0 Å². The SMILES string of the molecule is Cc1cc(C(=O)N2CCCC2C(=O)NCC(N)c2ccccc2)ccc1[N+](=O)[O-]. The molecule has 1 fully saturated rings. The molecule has 0 radical (unpaired) electrons. The smallest absolute Gasteiger partial charge is 0.272 e. The van der Waals surface area contributed by atoms with Crippen molar-refractivity contribution in [1.82, 2.24) is 10.2 Å². The number of nitrogens with zero attached hydrogens (tertiary/aromatic N) is 2. The number of rotatable bonds is 6. The van der Waals surface area contributed by atoms with Crippen LogP contribution in [0.4, 0.5) is 5.69 Å². The number of nitro groups is 1. The minimum absolute atomic E-state index is 0.0350. The van der Waals surface area contributed by atoms with Gasteiger partial charge in [0.1, 0.15) is 6.04 Å². The zero-order chi connectivity index (χ0) is 21.0. The molecule has 1 saturated heterocycles. The molecule has 3 rings (SSSR count). The highest BCUT2D eigenvalue weighted by atomic mass is 16.6. The number of carbonyl (C=O) groups excluding carboxylic acids is 2. The molecule has 0 aliphatic carbocycles. The first kappa shape index (κ1) is 20.5. The van der Waals surface area contributed by atoms with E-state index in [-0.39, 0.29) is 30.1 Å². The monoisotopic (exact) mass is 396 g/mol. The van der Waals surface area contributed by atoms with E-state index in [1.54, 1.807) is 6.92 Å². The number of benzene rings is 2. The van der Waals surface area contributed by atoms with Crippen LogP contribution in [0.5, 0.6) is 0 Å². The normalized spacial score (nSPS) is 17.0. The summed E-state index contributed by atoms with van der Waals surface area (Å²) >= 11 is 0. The highest BCUT2D eigenvalue weighted by molar-refractivity contribution is 5.98. The van der Waals surface area contributed by atoms with Crippen LogP contribution in [0.1, 0.15) is 40.4 Å². The third-order valence-corrected chi connectivity index (χ3v) is 5.18.